The van der Waals surface area contributed by atoms with Gasteiger partial charge in [-0.2, -0.15) is 0 Å². The van der Waals surface area contributed by atoms with E-state index in [1.54, 1.807) is 6.20 Å². The zero-order valence-corrected chi connectivity index (χ0v) is 8.62. The molecule has 1 heterocycles. The summed E-state index contributed by atoms with van der Waals surface area (Å²) in [6.45, 7) is 4.83. The Morgan fingerprint density at radius 1 is 1.29 bits per heavy atom. The van der Waals surface area contributed by atoms with E-state index in [2.05, 4.69) is 15.3 Å². The Morgan fingerprint density at radius 2 is 1.93 bits per heavy atom. The fourth-order valence-electron chi connectivity index (χ4n) is 1.03. The van der Waals surface area contributed by atoms with Crippen LogP contribution >= 0.6 is 0 Å². The van der Waals surface area contributed by atoms with Crippen LogP contribution < -0.4 is 16.8 Å². The molecule has 0 aromatic carbocycles. The molecule has 0 unspecified atom stereocenters. The van der Waals surface area contributed by atoms with Gasteiger partial charge in [-0.25, -0.2) is 4.98 Å². The van der Waals surface area contributed by atoms with Crippen LogP contribution in [0.15, 0.2) is 6.20 Å². The van der Waals surface area contributed by atoms with Gasteiger partial charge in [-0.3, -0.25) is 4.98 Å². The average Bonchev–Trinajstić information content (AvgIpc) is 2.19. The molecule has 5 heteroatoms. The lowest BCUT2D eigenvalue weighted by Gasteiger charge is -2.15. The summed E-state index contributed by atoms with van der Waals surface area (Å²) in [5.41, 5.74) is 12.9. The lowest BCUT2D eigenvalue weighted by Crippen LogP contribution is -2.36. The third-order valence-corrected chi connectivity index (χ3v) is 2.11. The normalized spacial score (nSPS) is 10.6. The highest BCUT2D eigenvalue weighted by molar-refractivity contribution is 5.34. The van der Waals surface area contributed by atoms with Crippen LogP contribution in [-0.2, 0) is 0 Å². The number of hydrogen-bond acceptors (Lipinski definition) is 5. The molecule has 78 valence electrons. The van der Waals surface area contributed by atoms with Crippen molar-refractivity contribution in [2.45, 2.75) is 19.9 Å². The van der Waals surface area contributed by atoms with Crippen molar-refractivity contribution in [3.63, 3.8) is 0 Å². The van der Waals surface area contributed by atoms with Crippen molar-refractivity contribution in [3.8, 4) is 0 Å². The minimum absolute atomic E-state index is 0.0615. The molecule has 0 amide bonds. The van der Waals surface area contributed by atoms with Crippen LogP contribution in [0.2, 0.25) is 0 Å². The summed E-state index contributed by atoms with van der Waals surface area (Å²) < 4.78 is 0. The maximum atomic E-state index is 5.51. The Labute approximate surface area is 83.9 Å². The van der Waals surface area contributed by atoms with E-state index >= 15 is 0 Å². The summed E-state index contributed by atoms with van der Waals surface area (Å²) in [6, 6.07) is 0.0615. The van der Waals surface area contributed by atoms with Gasteiger partial charge in [0.15, 0.2) is 0 Å². The van der Waals surface area contributed by atoms with E-state index in [0.717, 1.165) is 17.2 Å². The fraction of sp³-hybridized carbons (Fsp3) is 0.556. The number of nitrogens with two attached hydrogens (primary N) is 2. The van der Waals surface area contributed by atoms with Crippen LogP contribution in [0.4, 0.5) is 5.82 Å². The summed E-state index contributed by atoms with van der Waals surface area (Å²) in [7, 11) is 0. The molecule has 0 atom stereocenters. The second kappa shape index (κ2) is 4.88. The monoisotopic (exact) mass is 195 g/mol. The smallest absolute Gasteiger partial charge is 0.145 e. The lowest BCUT2D eigenvalue weighted by molar-refractivity contribution is 0.731. The Morgan fingerprint density at radius 3 is 2.43 bits per heavy atom. The Bertz CT molecular complexity index is 295. The van der Waals surface area contributed by atoms with Crippen LogP contribution in [0.25, 0.3) is 0 Å². The topological polar surface area (TPSA) is 89.8 Å². The number of hydrogen-bond donors (Lipinski definition) is 3. The highest BCUT2D eigenvalue weighted by atomic mass is 15.1. The van der Waals surface area contributed by atoms with E-state index in [1.165, 1.54) is 0 Å². The Kier molecular flexibility index (Phi) is 3.79. The summed E-state index contributed by atoms with van der Waals surface area (Å²) >= 11 is 0. The maximum absolute atomic E-state index is 5.51. The molecule has 0 saturated carbocycles. The van der Waals surface area contributed by atoms with Crippen LogP contribution in [0, 0.1) is 13.8 Å². The molecule has 0 aliphatic rings. The van der Waals surface area contributed by atoms with Gasteiger partial charge in [-0.15, -0.1) is 0 Å². The zero-order chi connectivity index (χ0) is 10.6. The first-order chi connectivity index (χ1) is 6.67. The van der Waals surface area contributed by atoms with Gasteiger partial charge in [0.1, 0.15) is 5.82 Å². The minimum atomic E-state index is 0.0615. The molecule has 0 aliphatic heterocycles. The molecule has 1 rings (SSSR count). The molecule has 1 aromatic heterocycles. The van der Waals surface area contributed by atoms with E-state index in [0.29, 0.717) is 13.1 Å². The molecular formula is C9H17N5. The molecular weight excluding hydrogens is 178 g/mol. The second-order valence-electron chi connectivity index (χ2n) is 3.24. The van der Waals surface area contributed by atoms with Crippen LogP contribution in [0.5, 0.6) is 0 Å². The molecule has 0 radical (unpaired) electrons. The second-order valence-corrected chi connectivity index (χ2v) is 3.24. The van der Waals surface area contributed by atoms with Crippen LogP contribution in [0.3, 0.4) is 0 Å². The standard InChI is InChI=1S/C9H17N5/c1-6-7(2)13-9(5-12-6)14-8(3-10)4-11/h5,8H,3-4,10-11H2,1-2H3,(H,13,14). The first-order valence-electron chi connectivity index (χ1n) is 4.64. The van der Waals surface area contributed by atoms with Gasteiger partial charge in [0.2, 0.25) is 0 Å². The first-order valence-corrected chi connectivity index (χ1v) is 4.64. The number of aromatic nitrogens is 2. The van der Waals surface area contributed by atoms with Gasteiger partial charge in [0.05, 0.1) is 23.6 Å². The van der Waals surface area contributed by atoms with Crippen LogP contribution in [-0.4, -0.2) is 29.1 Å². The van der Waals surface area contributed by atoms with Crippen molar-refractivity contribution < 1.29 is 0 Å². The number of aryl methyl sites for hydroxylation is 2. The van der Waals surface area contributed by atoms with Crippen molar-refractivity contribution in [3.05, 3.63) is 17.6 Å². The zero-order valence-electron chi connectivity index (χ0n) is 8.62. The van der Waals surface area contributed by atoms with Gasteiger partial charge < -0.3 is 16.8 Å². The molecule has 0 spiro atoms. The molecule has 0 bridgehead atoms. The van der Waals surface area contributed by atoms with Gasteiger partial charge in [0.25, 0.3) is 0 Å². The lowest BCUT2D eigenvalue weighted by atomic mass is 10.3. The van der Waals surface area contributed by atoms with E-state index in [-0.39, 0.29) is 6.04 Å². The molecule has 0 aliphatic carbocycles. The third-order valence-electron chi connectivity index (χ3n) is 2.11. The SMILES string of the molecule is Cc1ncc(NC(CN)CN)nc1C. The molecule has 0 fully saturated rings. The van der Waals surface area contributed by atoms with E-state index in [9.17, 15) is 0 Å². The number of rotatable bonds is 4. The molecule has 5 N–H and O–H groups in total. The summed E-state index contributed by atoms with van der Waals surface area (Å²) in [4.78, 5) is 8.52. The fourth-order valence-corrected chi connectivity index (χ4v) is 1.03. The molecule has 0 saturated heterocycles. The van der Waals surface area contributed by atoms with Crippen molar-refractivity contribution in [2.24, 2.45) is 11.5 Å². The average molecular weight is 195 g/mol. The van der Waals surface area contributed by atoms with Gasteiger partial charge >= 0.3 is 0 Å². The predicted molar refractivity (Wildman–Crippen MR) is 57.0 cm³/mol. The highest BCUT2D eigenvalue weighted by Gasteiger charge is 2.05. The van der Waals surface area contributed by atoms with Gasteiger partial charge in [0, 0.05) is 13.1 Å². The quantitative estimate of drug-likeness (QED) is 0.618. The van der Waals surface area contributed by atoms with Crippen molar-refractivity contribution >= 4 is 5.82 Å². The number of nitrogens with one attached hydrogen (secondary N) is 1. The maximum Gasteiger partial charge on any atom is 0.145 e. The van der Waals surface area contributed by atoms with Gasteiger partial charge in [-0.1, -0.05) is 0 Å². The first kappa shape index (κ1) is 10.9. The highest BCUT2D eigenvalue weighted by Crippen LogP contribution is 2.06. The van der Waals surface area contributed by atoms with E-state index in [1.807, 2.05) is 13.8 Å². The molecule has 14 heavy (non-hydrogen) atoms. The van der Waals surface area contributed by atoms with Crippen molar-refractivity contribution in [1.29, 1.82) is 0 Å². The molecule has 5 nitrogen and oxygen atoms in total. The predicted octanol–water partition coefficient (Wildman–Crippen LogP) is -0.209. The Hall–Kier alpha value is -1.20. The van der Waals surface area contributed by atoms with E-state index < -0.39 is 0 Å². The van der Waals surface area contributed by atoms with Crippen LogP contribution in [0.1, 0.15) is 11.4 Å². The summed E-state index contributed by atoms with van der Waals surface area (Å²) in [5, 5.41) is 3.12. The number of anilines is 1. The van der Waals surface area contributed by atoms with Gasteiger partial charge in [-0.05, 0) is 13.8 Å². The van der Waals surface area contributed by atoms with E-state index in [4.69, 9.17) is 11.5 Å². The summed E-state index contributed by atoms with van der Waals surface area (Å²) in [5.74, 6) is 0.731. The minimum Gasteiger partial charge on any atom is -0.364 e. The summed E-state index contributed by atoms with van der Waals surface area (Å²) in [6.07, 6.45) is 1.70. The number of nitrogens with zero attached hydrogens (tertiary/aromatic N) is 2. The largest absolute Gasteiger partial charge is 0.364 e. The molecule has 1 aromatic rings. The van der Waals surface area contributed by atoms with Crippen molar-refractivity contribution in [2.75, 3.05) is 18.4 Å². The van der Waals surface area contributed by atoms with Crippen molar-refractivity contribution in [1.82, 2.24) is 9.97 Å². The Balaban J connectivity index is 2.72. The third kappa shape index (κ3) is 2.65.